The van der Waals surface area contributed by atoms with E-state index >= 15 is 0 Å². The Labute approximate surface area is 119 Å². The number of carbonyl (C=O) groups excluding carboxylic acids is 1. The first-order valence-electron chi connectivity index (χ1n) is 7.38. The van der Waals surface area contributed by atoms with E-state index in [4.69, 9.17) is 4.74 Å². The molecular formula is C16H21NO3. The first kappa shape index (κ1) is 13.6. The third kappa shape index (κ3) is 2.86. The van der Waals surface area contributed by atoms with Gasteiger partial charge >= 0.3 is 5.97 Å². The van der Waals surface area contributed by atoms with Crippen LogP contribution in [0.1, 0.15) is 37.2 Å². The van der Waals surface area contributed by atoms with Crippen molar-refractivity contribution in [2.45, 2.75) is 49.8 Å². The molecule has 0 aromatic heterocycles. The molecule has 0 aliphatic carbocycles. The van der Waals surface area contributed by atoms with Gasteiger partial charge in [0.1, 0.15) is 12.0 Å². The van der Waals surface area contributed by atoms with Gasteiger partial charge in [0.05, 0.1) is 6.61 Å². The normalized spacial score (nSPS) is 29.9. The van der Waals surface area contributed by atoms with Crippen LogP contribution in [0.3, 0.4) is 0 Å². The minimum atomic E-state index is -0.566. The molecule has 20 heavy (non-hydrogen) atoms. The van der Waals surface area contributed by atoms with E-state index in [1.165, 1.54) is 12.8 Å². The van der Waals surface area contributed by atoms with Gasteiger partial charge in [-0.1, -0.05) is 30.3 Å². The third-order valence-corrected chi connectivity index (χ3v) is 4.38. The average molecular weight is 275 g/mol. The largest absolute Gasteiger partial charge is 0.462 e. The summed E-state index contributed by atoms with van der Waals surface area (Å²) in [5.74, 6) is -0.867. The molecule has 2 bridgehead atoms. The van der Waals surface area contributed by atoms with Crippen molar-refractivity contribution in [2.24, 2.45) is 0 Å². The van der Waals surface area contributed by atoms with Crippen LogP contribution < -0.4 is 5.32 Å². The van der Waals surface area contributed by atoms with E-state index in [-0.39, 0.29) is 18.7 Å². The molecule has 2 aliphatic rings. The number of aliphatic hydroxyl groups is 1. The van der Waals surface area contributed by atoms with E-state index in [0.29, 0.717) is 12.1 Å². The lowest BCUT2D eigenvalue weighted by molar-refractivity contribution is -0.153. The van der Waals surface area contributed by atoms with Crippen LogP contribution in [0, 0.1) is 0 Å². The minimum Gasteiger partial charge on any atom is -0.462 e. The fourth-order valence-corrected chi connectivity index (χ4v) is 3.35. The molecule has 4 atom stereocenters. The topological polar surface area (TPSA) is 58.6 Å². The number of carbonyl (C=O) groups is 1. The van der Waals surface area contributed by atoms with Crippen LogP contribution in [0.15, 0.2) is 30.3 Å². The maximum atomic E-state index is 12.3. The molecule has 0 amide bonds. The maximum Gasteiger partial charge on any atom is 0.316 e. The van der Waals surface area contributed by atoms with Crippen LogP contribution in [0.2, 0.25) is 0 Å². The molecule has 2 N–H and O–H groups in total. The highest BCUT2D eigenvalue weighted by Crippen LogP contribution is 2.29. The zero-order chi connectivity index (χ0) is 13.9. The first-order valence-corrected chi connectivity index (χ1v) is 7.38. The highest BCUT2D eigenvalue weighted by molar-refractivity contribution is 5.78. The van der Waals surface area contributed by atoms with Crippen molar-refractivity contribution in [1.29, 1.82) is 0 Å². The monoisotopic (exact) mass is 275 g/mol. The Morgan fingerprint density at radius 3 is 2.50 bits per heavy atom. The Hall–Kier alpha value is -1.39. The number of fused-ring (bicyclic) bond motifs is 2. The van der Waals surface area contributed by atoms with E-state index in [1.54, 1.807) is 0 Å². The van der Waals surface area contributed by atoms with Gasteiger partial charge in [-0.25, -0.2) is 0 Å². The summed E-state index contributed by atoms with van der Waals surface area (Å²) in [5.41, 5.74) is 0.817. The number of piperidine rings is 1. The van der Waals surface area contributed by atoms with E-state index < -0.39 is 5.92 Å². The Morgan fingerprint density at radius 2 is 1.90 bits per heavy atom. The molecule has 0 saturated carbocycles. The summed E-state index contributed by atoms with van der Waals surface area (Å²) in [6.45, 7) is -0.208. The number of hydrogen-bond donors (Lipinski definition) is 2. The molecular weight excluding hydrogens is 254 g/mol. The zero-order valence-corrected chi connectivity index (χ0v) is 11.5. The van der Waals surface area contributed by atoms with E-state index in [2.05, 4.69) is 5.32 Å². The molecule has 108 valence electrons. The van der Waals surface area contributed by atoms with Crippen molar-refractivity contribution < 1.29 is 14.6 Å². The molecule has 4 heteroatoms. The van der Waals surface area contributed by atoms with Crippen molar-refractivity contribution in [3.8, 4) is 0 Å². The van der Waals surface area contributed by atoms with Crippen LogP contribution in [0.25, 0.3) is 0 Å². The van der Waals surface area contributed by atoms with Crippen molar-refractivity contribution in [2.75, 3.05) is 6.61 Å². The summed E-state index contributed by atoms with van der Waals surface area (Å²) in [5, 5.41) is 13.0. The third-order valence-electron chi connectivity index (χ3n) is 4.38. The molecule has 1 aromatic rings. The Kier molecular flexibility index (Phi) is 4.03. The van der Waals surface area contributed by atoms with E-state index in [9.17, 15) is 9.90 Å². The zero-order valence-electron chi connectivity index (χ0n) is 11.5. The van der Waals surface area contributed by atoms with Gasteiger partial charge in [0.25, 0.3) is 0 Å². The van der Waals surface area contributed by atoms with E-state index in [0.717, 1.165) is 18.4 Å². The Bertz CT molecular complexity index is 450. The summed E-state index contributed by atoms with van der Waals surface area (Å²) >= 11 is 0. The Balaban J connectivity index is 1.63. The number of esters is 1. The van der Waals surface area contributed by atoms with Gasteiger partial charge in [-0.15, -0.1) is 0 Å². The standard InChI is InChI=1S/C16H21NO3/c18-10-15(11-4-2-1-3-5-11)16(19)20-14-8-12-6-7-13(9-14)17-12/h1-5,12-15,17-18H,6-10H2/t12-,13+,14+,15?. The quantitative estimate of drug-likeness (QED) is 0.819. The number of ether oxygens (including phenoxy) is 1. The van der Waals surface area contributed by atoms with Crippen LogP contribution in [-0.4, -0.2) is 35.9 Å². The van der Waals surface area contributed by atoms with Crippen LogP contribution in [-0.2, 0) is 9.53 Å². The molecule has 2 fully saturated rings. The SMILES string of the molecule is O=C(O[C@H]1C[C@H]2CC[C@@H](C1)N2)C(CO)c1ccccc1. The lowest BCUT2D eigenvalue weighted by Crippen LogP contribution is -2.42. The van der Waals surface area contributed by atoms with Gasteiger partial charge in [-0.3, -0.25) is 4.79 Å². The highest BCUT2D eigenvalue weighted by Gasteiger charge is 2.36. The molecule has 2 saturated heterocycles. The van der Waals surface area contributed by atoms with E-state index in [1.807, 2.05) is 30.3 Å². The highest BCUT2D eigenvalue weighted by atomic mass is 16.5. The van der Waals surface area contributed by atoms with Crippen LogP contribution in [0.4, 0.5) is 0 Å². The van der Waals surface area contributed by atoms with Crippen molar-refractivity contribution in [1.82, 2.24) is 5.32 Å². The number of aliphatic hydroxyl groups excluding tert-OH is 1. The predicted octanol–water partition coefficient (Wildman–Crippen LogP) is 1.59. The molecule has 0 spiro atoms. The van der Waals surface area contributed by atoms with Gasteiger partial charge in [-0.05, 0) is 31.2 Å². The molecule has 2 aliphatic heterocycles. The lowest BCUT2D eigenvalue weighted by Gasteiger charge is -2.29. The summed E-state index contributed by atoms with van der Waals surface area (Å²) in [6, 6.07) is 10.3. The maximum absolute atomic E-state index is 12.3. The smallest absolute Gasteiger partial charge is 0.316 e. The summed E-state index contributed by atoms with van der Waals surface area (Å²) in [7, 11) is 0. The fraction of sp³-hybridized carbons (Fsp3) is 0.562. The second-order valence-electron chi connectivity index (χ2n) is 5.81. The number of hydrogen-bond acceptors (Lipinski definition) is 4. The summed E-state index contributed by atoms with van der Waals surface area (Å²) in [6.07, 6.45) is 4.16. The summed E-state index contributed by atoms with van der Waals surface area (Å²) in [4.78, 5) is 12.3. The summed E-state index contributed by atoms with van der Waals surface area (Å²) < 4.78 is 5.64. The predicted molar refractivity (Wildman–Crippen MR) is 75.3 cm³/mol. The minimum absolute atomic E-state index is 0.000915. The van der Waals surface area contributed by atoms with Gasteiger partial charge < -0.3 is 15.2 Å². The lowest BCUT2D eigenvalue weighted by atomic mass is 9.99. The molecule has 3 rings (SSSR count). The number of nitrogens with one attached hydrogen (secondary N) is 1. The first-order chi connectivity index (χ1) is 9.76. The van der Waals surface area contributed by atoms with Gasteiger partial charge in [0.2, 0.25) is 0 Å². The molecule has 1 aromatic carbocycles. The molecule has 1 unspecified atom stereocenters. The van der Waals surface area contributed by atoms with Gasteiger partial charge in [-0.2, -0.15) is 0 Å². The Morgan fingerprint density at radius 1 is 1.25 bits per heavy atom. The van der Waals surface area contributed by atoms with Crippen molar-refractivity contribution >= 4 is 5.97 Å². The number of benzene rings is 1. The molecule has 2 heterocycles. The number of rotatable bonds is 4. The fourth-order valence-electron chi connectivity index (χ4n) is 3.35. The van der Waals surface area contributed by atoms with Gasteiger partial charge in [0, 0.05) is 12.1 Å². The van der Waals surface area contributed by atoms with Crippen molar-refractivity contribution in [3.63, 3.8) is 0 Å². The second kappa shape index (κ2) is 5.94. The average Bonchev–Trinajstić information content (AvgIpc) is 2.80. The van der Waals surface area contributed by atoms with Crippen molar-refractivity contribution in [3.05, 3.63) is 35.9 Å². The van der Waals surface area contributed by atoms with Crippen LogP contribution in [0.5, 0.6) is 0 Å². The second-order valence-corrected chi connectivity index (χ2v) is 5.81. The molecule has 4 nitrogen and oxygen atoms in total. The molecule has 0 radical (unpaired) electrons. The van der Waals surface area contributed by atoms with Gasteiger partial charge in [0.15, 0.2) is 0 Å². The van der Waals surface area contributed by atoms with Crippen LogP contribution >= 0.6 is 0 Å².